The fraction of sp³-hybridized carbons (Fsp3) is 0.609. The van der Waals surface area contributed by atoms with Crippen molar-refractivity contribution in [1.29, 1.82) is 0 Å². The van der Waals surface area contributed by atoms with Crippen molar-refractivity contribution in [1.82, 2.24) is 15.1 Å². The molecule has 3 heterocycles. The Kier molecular flexibility index (Phi) is 5.81. The number of hydrogen-bond acceptors (Lipinski definition) is 5. The number of ether oxygens (including phenoxy) is 2. The second-order valence-corrected chi connectivity index (χ2v) is 8.80. The molecule has 0 saturated carbocycles. The lowest BCUT2D eigenvalue weighted by molar-refractivity contribution is -0.147. The van der Waals surface area contributed by atoms with E-state index >= 15 is 0 Å². The van der Waals surface area contributed by atoms with Crippen molar-refractivity contribution in [3.63, 3.8) is 0 Å². The second kappa shape index (κ2) is 8.40. The maximum absolute atomic E-state index is 13.1. The number of hydrogen-bond donors (Lipinski definition) is 1. The third-order valence-electron chi connectivity index (χ3n) is 6.81. The summed E-state index contributed by atoms with van der Waals surface area (Å²) in [4.78, 5) is 42.4. The predicted octanol–water partition coefficient (Wildman–Crippen LogP) is 2.32. The van der Waals surface area contributed by atoms with Crippen LogP contribution in [0.15, 0.2) is 18.2 Å². The topological polar surface area (TPSA) is 88.2 Å². The molecule has 2 fully saturated rings. The molecule has 3 amide bonds. The van der Waals surface area contributed by atoms with Gasteiger partial charge >= 0.3 is 0 Å². The van der Waals surface area contributed by atoms with Gasteiger partial charge in [0.15, 0.2) is 5.72 Å². The number of fused-ring (bicyclic) bond motifs is 1. The molecule has 0 radical (unpaired) electrons. The second-order valence-electron chi connectivity index (χ2n) is 8.80. The number of benzene rings is 1. The zero-order valence-corrected chi connectivity index (χ0v) is 18.5. The quantitative estimate of drug-likeness (QED) is 0.797. The van der Waals surface area contributed by atoms with Gasteiger partial charge < -0.3 is 24.6 Å². The molecule has 1 aromatic rings. The Morgan fingerprint density at radius 3 is 2.81 bits per heavy atom. The number of carbonyl (C=O) groups excluding carboxylic acids is 3. The monoisotopic (exact) mass is 429 g/mol. The van der Waals surface area contributed by atoms with Crippen LogP contribution in [0, 0.1) is 0 Å². The van der Waals surface area contributed by atoms with Crippen LogP contribution in [0.2, 0.25) is 0 Å². The summed E-state index contributed by atoms with van der Waals surface area (Å²) >= 11 is 0. The van der Waals surface area contributed by atoms with Gasteiger partial charge in [0, 0.05) is 44.5 Å². The van der Waals surface area contributed by atoms with Crippen molar-refractivity contribution < 1.29 is 23.9 Å². The van der Waals surface area contributed by atoms with Crippen molar-refractivity contribution >= 4 is 17.7 Å². The number of nitrogens with zero attached hydrogens (tertiary/aromatic N) is 2. The van der Waals surface area contributed by atoms with Crippen LogP contribution in [0.5, 0.6) is 11.5 Å². The van der Waals surface area contributed by atoms with E-state index in [0.717, 1.165) is 25.8 Å². The number of rotatable bonds is 3. The molecule has 168 valence electrons. The van der Waals surface area contributed by atoms with Gasteiger partial charge in [0.2, 0.25) is 11.8 Å². The fourth-order valence-electron chi connectivity index (χ4n) is 4.85. The molecule has 2 saturated heterocycles. The molecule has 8 heteroatoms. The third kappa shape index (κ3) is 4.07. The largest absolute Gasteiger partial charge is 0.497 e. The lowest BCUT2D eigenvalue weighted by Crippen LogP contribution is -2.57. The summed E-state index contributed by atoms with van der Waals surface area (Å²) in [6.07, 6.45) is 4.10. The van der Waals surface area contributed by atoms with Crippen LogP contribution in [0.1, 0.15) is 62.7 Å². The third-order valence-corrected chi connectivity index (χ3v) is 6.81. The van der Waals surface area contributed by atoms with Crippen LogP contribution in [-0.2, 0) is 9.59 Å². The highest BCUT2D eigenvalue weighted by atomic mass is 16.5. The van der Waals surface area contributed by atoms with Gasteiger partial charge in [0.1, 0.15) is 17.5 Å². The number of carbonyl (C=O) groups is 3. The summed E-state index contributed by atoms with van der Waals surface area (Å²) in [5.74, 6) is 0.744. The van der Waals surface area contributed by atoms with Gasteiger partial charge in [-0.3, -0.25) is 14.4 Å². The standard InChI is InChI=1S/C23H31N3O5/c1-15-6-4-5-12-25(15)22(29)16(2)26-13-11-23(10-9-20(26)27)24-21(28)18-8-7-17(30-3)14-19(18)31-23/h7-8,14-16H,4-6,9-13H2,1-3H3,(H,24,28)/t15-,16+,23-/m0/s1. The van der Waals surface area contributed by atoms with Gasteiger partial charge in [0.05, 0.1) is 12.7 Å². The van der Waals surface area contributed by atoms with Gasteiger partial charge in [-0.2, -0.15) is 0 Å². The number of methoxy groups -OCH3 is 1. The van der Waals surface area contributed by atoms with Crippen molar-refractivity contribution in [2.24, 2.45) is 0 Å². The molecule has 3 aliphatic rings. The Balaban J connectivity index is 1.51. The number of piperidine rings is 1. The van der Waals surface area contributed by atoms with Gasteiger partial charge in [-0.1, -0.05) is 0 Å². The lowest BCUT2D eigenvalue weighted by Gasteiger charge is -2.39. The Labute approximate surface area is 182 Å². The number of nitrogens with one attached hydrogen (secondary N) is 1. The maximum atomic E-state index is 13.1. The summed E-state index contributed by atoms with van der Waals surface area (Å²) in [7, 11) is 1.56. The minimum absolute atomic E-state index is 0.000167. The molecule has 31 heavy (non-hydrogen) atoms. The van der Waals surface area contributed by atoms with E-state index in [4.69, 9.17) is 9.47 Å². The van der Waals surface area contributed by atoms with Gasteiger partial charge in [-0.15, -0.1) is 0 Å². The Morgan fingerprint density at radius 1 is 1.26 bits per heavy atom. The molecular formula is C23H31N3O5. The Hall–Kier alpha value is -2.77. The van der Waals surface area contributed by atoms with Crippen molar-refractivity contribution in [3.05, 3.63) is 23.8 Å². The molecule has 0 aliphatic carbocycles. The average Bonchev–Trinajstić information content (AvgIpc) is 2.91. The van der Waals surface area contributed by atoms with E-state index in [1.165, 1.54) is 0 Å². The highest BCUT2D eigenvalue weighted by Gasteiger charge is 2.44. The maximum Gasteiger partial charge on any atom is 0.258 e. The van der Waals surface area contributed by atoms with E-state index in [-0.39, 0.29) is 30.2 Å². The van der Waals surface area contributed by atoms with E-state index in [1.807, 2.05) is 4.90 Å². The van der Waals surface area contributed by atoms with E-state index in [2.05, 4.69) is 12.2 Å². The van der Waals surface area contributed by atoms with Crippen molar-refractivity contribution in [2.75, 3.05) is 20.2 Å². The lowest BCUT2D eigenvalue weighted by atomic mass is 10.00. The van der Waals surface area contributed by atoms with E-state index in [1.54, 1.807) is 37.1 Å². The Bertz CT molecular complexity index is 888. The minimum atomic E-state index is -0.970. The molecule has 8 nitrogen and oxygen atoms in total. The van der Waals surface area contributed by atoms with Gasteiger partial charge in [0.25, 0.3) is 5.91 Å². The number of likely N-dealkylation sites (tertiary alicyclic amines) is 2. The Morgan fingerprint density at radius 2 is 2.06 bits per heavy atom. The molecular weight excluding hydrogens is 398 g/mol. The predicted molar refractivity (Wildman–Crippen MR) is 114 cm³/mol. The molecule has 0 aromatic heterocycles. The summed E-state index contributed by atoms with van der Waals surface area (Å²) < 4.78 is 11.5. The van der Waals surface area contributed by atoms with Crippen LogP contribution < -0.4 is 14.8 Å². The zero-order valence-electron chi connectivity index (χ0n) is 18.5. The highest BCUT2D eigenvalue weighted by molar-refractivity contribution is 5.98. The molecule has 3 atom stereocenters. The fourth-order valence-corrected chi connectivity index (χ4v) is 4.85. The normalized spacial score (nSPS) is 27.1. The molecule has 4 rings (SSSR count). The molecule has 0 bridgehead atoms. The van der Waals surface area contributed by atoms with Gasteiger partial charge in [-0.25, -0.2) is 0 Å². The van der Waals surface area contributed by atoms with E-state index < -0.39 is 11.8 Å². The van der Waals surface area contributed by atoms with Gasteiger partial charge in [-0.05, 0) is 45.2 Å². The highest BCUT2D eigenvalue weighted by Crippen LogP contribution is 2.36. The van der Waals surface area contributed by atoms with Crippen LogP contribution in [0.25, 0.3) is 0 Å². The molecule has 0 unspecified atom stereocenters. The van der Waals surface area contributed by atoms with E-state index in [9.17, 15) is 14.4 Å². The van der Waals surface area contributed by atoms with E-state index in [0.29, 0.717) is 36.4 Å². The summed E-state index contributed by atoms with van der Waals surface area (Å²) in [6.45, 7) is 4.96. The first-order valence-corrected chi connectivity index (χ1v) is 11.1. The van der Waals surface area contributed by atoms with Crippen LogP contribution >= 0.6 is 0 Å². The first-order valence-electron chi connectivity index (χ1n) is 11.1. The first-order chi connectivity index (χ1) is 14.8. The average molecular weight is 430 g/mol. The SMILES string of the molecule is COc1ccc2c(c1)O[C@]1(CCC(=O)N([C@H](C)C(=O)N3CCCC[C@@H]3C)CC1)NC2=O. The molecule has 1 aromatic carbocycles. The molecule has 1 spiro atoms. The molecule has 3 aliphatic heterocycles. The van der Waals surface area contributed by atoms with Crippen LogP contribution in [0.3, 0.4) is 0 Å². The molecule has 1 N–H and O–H groups in total. The minimum Gasteiger partial charge on any atom is -0.497 e. The zero-order chi connectivity index (χ0) is 22.2. The summed E-state index contributed by atoms with van der Waals surface area (Å²) in [5.41, 5.74) is -0.524. The van der Waals surface area contributed by atoms with Crippen molar-refractivity contribution in [2.45, 2.75) is 70.2 Å². The van der Waals surface area contributed by atoms with Crippen molar-refractivity contribution in [3.8, 4) is 11.5 Å². The van der Waals surface area contributed by atoms with Crippen LogP contribution in [0.4, 0.5) is 0 Å². The summed E-state index contributed by atoms with van der Waals surface area (Å²) in [6, 6.07) is 4.75. The number of amides is 3. The first kappa shape index (κ1) is 21.5. The smallest absolute Gasteiger partial charge is 0.258 e. The summed E-state index contributed by atoms with van der Waals surface area (Å²) in [5, 5.41) is 2.97. The van der Waals surface area contributed by atoms with Crippen LogP contribution in [-0.4, -0.2) is 65.5 Å².